The summed E-state index contributed by atoms with van der Waals surface area (Å²) in [7, 11) is 0. The van der Waals surface area contributed by atoms with Crippen molar-refractivity contribution in [2.45, 2.75) is 6.92 Å². The van der Waals surface area contributed by atoms with Crippen LogP contribution in [0.2, 0.25) is 0 Å². The van der Waals surface area contributed by atoms with Crippen molar-refractivity contribution in [3.63, 3.8) is 0 Å². The molecule has 0 radical (unpaired) electrons. The van der Waals surface area contributed by atoms with Gasteiger partial charge in [0.05, 0.1) is 0 Å². The predicted molar refractivity (Wildman–Crippen MR) is 91.0 cm³/mol. The van der Waals surface area contributed by atoms with E-state index in [2.05, 4.69) is 10.6 Å². The highest BCUT2D eigenvalue weighted by Crippen LogP contribution is 2.32. The fraction of sp³-hybridized carbons (Fsp3) is 0.111. The lowest BCUT2D eigenvalue weighted by Crippen LogP contribution is -2.08. The average Bonchev–Trinajstić information content (AvgIpc) is 3.02. The normalized spacial score (nSPS) is 12.2. The first-order valence-corrected chi connectivity index (χ1v) is 7.36. The molecule has 0 spiro atoms. The summed E-state index contributed by atoms with van der Waals surface area (Å²) in [6.07, 6.45) is 3.14. The molecule has 24 heavy (non-hydrogen) atoms. The summed E-state index contributed by atoms with van der Waals surface area (Å²) in [6.45, 7) is 1.66. The molecule has 0 aliphatic carbocycles. The number of anilines is 2. The number of fused-ring (bicyclic) bond motifs is 1. The molecule has 3 rings (SSSR count). The van der Waals surface area contributed by atoms with Crippen molar-refractivity contribution in [1.82, 2.24) is 0 Å². The first-order chi connectivity index (χ1) is 11.6. The molecule has 2 aromatic carbocycles. The number of ether oxygens (including phenoxy) is 2. The molecule has 0 unspecified atom stereocenters. The van der Waals surface area contributed by atoms with Gasteiger partial charge in [0.15, 0.2) is 11.5 Å². The van der Waals surface area contributed by atoms with Gasteiger partial charge in [0.1, 0.15) is 0 Å². The smallest absolute Gasteiger partial charge is 0.248 e. The van der Waals surface area contributed by atoms with Crippen molar-refractivity contribution in [1.29, 1.82) is 0 Å². The number of hydrogen-bond acceptors (Lipinski definition) is 4. The maximum Gasteiger partial charge on any atom is 0.248 e. The van der Waals surface area contributed by atoms with Crippen molar-refractivity contribution in [3.8, 4) is 11.5 Å². The molecule has 0 atom stereocenters. The largest absolute Gasteiger partial charge is 0.454 e. The van der Waals surface area contributed by atoms with Crippen LogP contribution in [0.4, 0.5) is 11.4 Å². The lowest BCUT2D eigenvalue weighted by molar-refractivity contribution is -0.114. The average molecular weight is 324 g/mol. The van der Waals surface area contributed by atoms with Gasteiger partial charge in [-0.25, -0.2) is 0 Å². The molecule has 0 saturated heterocycles. The van der Waals surface area contributed by atoms with E-state index in [1.54, 1.807) is 36.4 Å². The van der Waals surface area contributed by atoms with Crippen LogP contribution < -0.4 is 20.1 Å². The lowest BCUT2D eigenvalue weighted by atomic mass is 10.2. The molecule has 1 heterocycles. The van der Waals surface area contributed by atoms with E-state index in [9.17, 15) is 9.59 Å². The maximum absolute atomic E-state index is 12.0. The number of rotatable bonds is 4. The van der Waals surface area contributed by atoms with Gasteiger partial charge < -0.3 is 20.1 Å². The van der Waals surface area contributed by atoms with E-state index in [-0.39, 0.29) is 18.6 Å². The van der Waals surface area contributed by atoms with Crippen LogP contribution in [-0.2, 0) is 9.59 Å². The van der Waals surface area contributed by atoms with Gasteiger partial charge in [-0.3, -0.25) is 9.59 Å². The summed E-state index contributed by atoms with van der Waals surface area (Å²) >= 11 is 0. The Bertz CT molecular complexity index is 797. The zero-order chi connectivity index (χ0) is 16.9. The standard InChI is InChI=1S/C18H16N2O4/c1-12(21)19-14-4-6-15(7-5-14)20-18(22)9-3-13-2-8-16-17(10-13)24-11-23-16/h2-10H,11H2,1H3,(H,19,21)(H,20,22). The molecule has 6 nitrogen and oxygen atoms in total. The van der Waals surface area contributed by atoms with Gasteiger partial charge in [0.2, 0.25) is 18.6 Å². The van der Waals surface area contributed by atoms with E-state index in [0.717, 1.165) is 5.56 Å². The fourth-order valence-electron chi connectivity index (χ4n) is 2.21. The minimum Gasteiger partial charge on any atom is -0.454 e. The highest BCUT2D eigenvalue weighted by atomic mass is 16.7. The maximum atomic E-state index is 12.0. The minimum absolute atomic E-state index is 0.140. The van der Waals surface area contributed by atoms with Gasteiger partial charge in [0.25, 0.3) is 0 Å². The van der Waals surface area contributed by atoms with Crippen LogP contribution in [0, 0.1) is 0 Å². The van der Waals surface area contributed by atoms with Gasteiger partial charge >= 0.3 is 0 Å². The highest BCUT2D eigenvalue weighted by Gasteiger charge is 2.12. The van der Waals surface area contributed by atoms with Gasteiger partial charge in [0, 0.05) is 24.4 Å². The summed E-state index contributed by atoms with van der Waals surface area (Å²) in [6, 6.07) is 12.3. The summed E-state index contributed by atoms with van der Waals surface area (Å²) in [5.41, 5.74) is 2.16. The van der Waals surface area contributed by atoms with Gasteiger partial charge in [-0.1, -0.05) is 6.07 Å². The molecular formula is C18H16N2O4. The van der Waals surface area contributed by atoms with Crippen molar-refractivity contribution < 1.29 is 19.1 Å². The lowest BCUT2D eigenvalue weighted by Gasteiger charge is -2.05. The van der Waals surface area contributed by atoms with Crippen LogP contribution in [0.1, 0.15) is 12.5 Å². The molecule has 0 saturated carbocycles. The van der Waals surface area contributed by atoms with Gasteiger partial charge in [-0.05, 0) is 48.0 Å². The van der Waals surface area contributed by atoms with Crippen LogP contribution in [0.5, 0.6) is 11.5 Å². The monoisotopic (exact) mass is 324 g/mol. The van der Waals surface area contributed by atoms with E-state index in [1.165, 1.54) is 13.0 Å². The van der Waals surface area contributed by atoms with Crippen molar-refractivity contribution in [3.05, 3.63) is 54.1 Å². The summed E-state index contributed by atoms with van der Waals surface area (Å²) in [5, 5.41) is 5.42. The third-order valence-corrected chi connectivity index (χ3v) is 3.30. The topological polar surface area (TPSA) is 76.7 Å². The second-order valence-electron chi connectivity index (χ2n) is 5.19. The summed E-state index contributed by atoms with van der Waals surface area (Å²) in [4.78, 5) is 22.9. The first-order valence-electron chi connectivity index (χ1n) is 7.36. The molecule has 1 aliphatic rings. The molecule has 2 aromatic rings. The van der Waals surface area contributed by atoms with Crippen LogP contribution >= 0.6 is 0 Å². The number of nitrogens with one attached hydrogen (secondary N) is 2. The molecule has 6 heteroatoms. The SMILES string of the molecule is CC(=O)Nc1ccc(NC(=O)C=Cc2ccc3c(c2)OCO3)cc1. The van der Waals surface area contributed by atoms with Gasteiger partial charge in [-0.2, -0.15) is 0 Å². The minimum atomic E-state index is -0.250. The highest BCUT2D eigenvalue weighted by molar-refractivity contribution is 6.02. The Labute approximate surface area is 139 Å². The molecule has 1 aliphatic heterocycles. The molecule has 122 valence electrons. The van der Waals surface area contributed by atoms with Crippen LogP contribution in [-0.4, -0.2) is 18.6 Å². The Morgan fingerprint density at radius 3 is 2.33 bits per heavy atom. The first kappa shape index (κ1) is 15.6. The van der Waals surface area contributed by atoms with Crippen LogP contribution in [0.25, 0.3) is 6.08 Å². The number of carbonyl (C=O) groups is 2. The Morgan fingerprint density at radius 1 is 0.958 bits per heavy atom. The number of hydrogen-bond donors (Lipinski definition) is 2. The third-order valence-electron chi connectivity index (χ3n) is 3.30. The van der Waals surface area contributed by atoms with E-state index in [4.69, 9.17) is 9.47 Å². The molecule has 0 bridgehead atoms. The summed E-state index contributed by atoms with van der Waals surface area (Å²) < 4.78 is 10.5. The second-order valence-corrected chi connectivity index (χ2v) is 5.19. The molecule has 0 fully saturated rings. The van der Waals surface area contributed by atoms with Crippen LogP contribution in [0.3, 0.4) is 0 Å². The van der Waals surface area contributed by atoms with Crippen molar-refractivity contribution in [2.24, 2.45) is 0 Å². The Morgan fingerprint density at radius 2 is 1.62 bits per heavy atom. The van der Waals surface area contributed by atoms with E-state index >= 15 is 0 Å². The summed E-state index contributed by atoms with van der Waals surface area (Å²) in [5.74, 6) is 0.986. The van der Waals surface area contributed by atoms with E-state index < -0.39 is 0 Å². The second kappa shape index (κ2) is 6.87. The molecule has 2 amide bonds. The third kappa shape index (κ3) is 3.92. The predicted octanol–water partition coefficient (Wildman–Crippen LogP) is 3.03. The fourth-order valence-corrected chi connectivity index (χ4v) is 2.21. The number of amides is 2. The van der Waals surface area contributed by atoms with E-state index in [1.807, 2.05) is 12.1 Å². The van der Waals surface area contributed by atoms with Crippen molar-refractivity contribution >= 4 is 29.3 Å². The zero-order valence-electron chi connectivity index (χ0n) is 13.0. The zero-order valence-corrected chi connectivity index (χ0v) is 13.0. The van der Waals surface area contributed by atoms with E-state index in [0.29, 0.717) is 22.9 Å². The molecular weight excluding hydrogens is 308 g/mol. The Kier molecular flexibility index (Phi) is 4.47. The molecule has 0 aromatic heterocycles. The van der Waals surface area contributed by atoms with Gasteiger partial charge in [-0.15, -0.1) is 0 Å². The number of carbonyl (C=O) groups excluding carboxylic acids is 2. The van der Waals surface area contributed by atoms with Crippen LogP contribution in [0.15, 0.2) is 48.5 Å². The quantitative estimate of drug-likeness (QED) is 0.848. The molecule has 2 N–H and O–H groups in total. The Balaban J connectivity index is 1.59. The number of benzene rings is 2. The Hall–Kier alpha value is -3.28. The van der Waals surface area contributed by atoms with Crippen molar-refractivity contribution in [2.75, 3.05) is 17.4 Å².